The van der Waals surface area contributed by atoms with E-state index in [4.69, 9.17) is 0 Å². The van der Waals surface area contributed by atoms with Crippen LogP contribution in [0.4, 0.5) is 0 Å². The third-order valence-electron chi connectivity index (χ3n) is 3.34. The largest absolute Gasteiger partial charge is 0.274 e. The Morgan fingerprint density at radius 3 is 2.52 bits per heavy atom. The van der Waals surface area contributed by atoms with Crippen molar-refractivity contribution < 1.29 is 4.79 Å². The molecule has 3 aromatic rings. The molecule has 0 saturated heterocycles. The summed E-state index contributed by atoms with van der Waals surface area (Å²) in [5, 5.41) is 12.9. The van der Waals surface area contributed by atoms with Crippen molar-refractivity contribution in [3.63, 3.8) is 0 Å². The molecule has 0 unspecified atom stereocenters. The molecule has 1 heterocycles. The van der Waals surface area contributed by atoms with Gasteiger partial charge in [0, 0.05) is 5.69 Å². The summed E-state index contributed by atoms with van der Waals surface area (Å²) in [4.78, 5) is 12.0. The molecule has 0 fully saturated rings. The molecular weight excluding hydrogens is 334 g/mol. The number of amides is 1. The van der Waals surface area contributed by atoms with Crippen LogP contribution in [-0.2, 0) is 4.79 Å². The molecule has 0 aliphatic heterocycles. The van der Waals surface area contributed by atoms with E-state index in [2.05, 4.69) is 20.7 Å². The van der Waals surface area contributed by atoms with Crippen LogP contribution in [0, 0.1) is 6.92 Å². The molecule has 0 aliphatic carbocycles. The summed E-state index contributed by atoms with van der Waals surface area (Å²) in [6.45, 7) is 1.88. The van der Waals surface area contributed by atoms with E-state index in [-0.39, 0.29) is 11.7 Å². The average Bonchev–Trinajstić information content (AvgIpc) is 3.02. The lowest BCUT2D eigenvalue weighted by atomic mass is 10.2. The zero-order valence-corrected chi connectivity index (χ0v) is 14.5. The van der Waals surface area contributed by atoms with E-state index in [1.54, 1.807) is 6.21 Å². The molecule has 3 rings (SSSR count). The standard InChI is InChI=1S/C18H17N5OS/c1-14-20-22-18(23(14)16-10-6-3-7-11-16)25-13-17(24)21-19-12-15-8-4-2-5-9-15/h2-12H,13H2,1H3,(H,21,24)/b19-12+. The number of aryl methyl sites for hydroxylation is 1. The quantitative estimate of drug-likeness (QED) is 0.421. The summed E-state index contributed by atoms with van der Waals surface area (Å²) in [7, 11) is 0. The number of rotatable bonds is 6. The maximum absolute atomic E-state index is 12.0. The Kier molecular flexibility index (Phi) is 5.58. The molecule has 2 aromatic carbocycles. The van der Waals surface area contributed by atoms with Gasteiger partial charge in [0.1, 0.15) is 5.82 Å². The number of hydrazone groups is 1. The second kappa shape index (κ2) is 8.25. The molecule has 6 nitrogen and oxygen atoms in total. The Morgan fingerprint density at radius 2 is 1.80 bits per heavy atom. The van der Waals surface area contributed by atoms with Crippen molar-refractivity contribution in [2.45, 2.75) is 12.1 Å². The fourth-order valence-electron chi connectivity index (χ4n) is 2.19. The lowest BCUT2D eigenvalue weighted by Gasteiger charge is -2.07. The van der Waals surface area contributed by atoms with E-state index in [9.17, 15) is 4.79 Å². The fourth-order valence-corrected chi connectivity index (χ4v) is 2.98. The highest BCUT2D eigenvalue weighted by molar-refractivity contribution is 7.99. The highest BCUT2D eigenvalue weighted by Crippen LogP contribution is 2.21. The van der Waals surface area contributed by atoms with Crippen LogP contribution < -0.4 is 5.43 Å². The van der Waals surface area contributed by atoms with Gasteiger partial charge in [-0.1, -0.05) is 60.3 Å². The molecule has 7 heteroatoms. The van der Waals surface area contributed by atoms with Crippen LogP contribution in [-0.4, -0.2) is 32.6 Å². The Bertz CT molecular complexity index is 862. The van der Waals surface area contributed by atoms with Gasteiger partial charge in [-0.2, -0.15) is 5.10 Å². The van der Waals surface area contributed by atoms with Gasteiger partial charge in [0.05, 0.1) is 12.0 Å². The second-order valence-corrected chi connectivity index (χ2v) is 6.14. The van der Waals surface area contributed by atoms with E-state index < -0.39 is 0 Å². The minimum absolute atomic E-state index is 0.197. The average molecular weight is 351 g/mol. The highest BCUT2D eigenvalue weighted by Gasteiger charge is 2.12. The van der Waals surface area contributed by atoms with Crippen molar-refractivity contribution in [1.82, 2.24) is 20.2 Å². The van der Waals surface area contributed by atoms with Crippen LogP contribution in [0.25, 0.3) is 5.69 Å². The molecule has 0 atom stereocenters. The highest BCUT2D eigenvalue weighted by atomic mass is 32.2. The number of thioether (sulfide) groups is 1. The van der Waals surface area contributed by atoms with Crippen LogP contribution in [0.1, 0.15) is 11.4 Å². The first-order chi connectivity index (χ1) is 12.2. The molecule has 1 aromatic heterocycles. The summed E-state index contributed by atoms with van der Waals surface area (Å²) in [5.41, 5.74) is 4.41. The lowest BCUT2D eigenvalue weighted by molar-refractivity contribution is -0.118. The number of nitrogens with one attached hydrogen (secondary N) is 1. The minimum atomic E-state index is -0.197. The Labute approximate surface area is 150 Å². The summed E-state index contributed by atoms with van der Waals surface area (Å²) in [6, 6.07) is 19.4. The molecule has 0 aliphatic rings. The van der Waals surface area contributed by atoms with E-state index in [0.717, 1.165) is 17.1 Å². The van der Waals surface area contributed by atoms with Crippen LogP contribution >= 0.6 is 11.8 Å². The van der Waals surface area contributed by atoms with Gasteiger partial charge in [-0.25, -0.2) is 5.43 Å². The van der Waals surface area contributed by atoms with Crippen LogP contribution in [0.5, 0.6) is 0 Å². The zero-order chi connectivity index (χ0) is 17.5. The molecule has 25 heavy (non-hydrogen) atoms. The molecule has 126 valence electrons. The first kappa shape index (κ1) is 16.9. The van der Waals surface area contributed by atoms with Gasteiger partial charge in [0.2, 0.25) is 0 Å². The number of hydrogen-bond acceptors (Lipinski definition) is 5. The number of carbonyl (C=O) groups excluding carboxylic acids is 1. The Balaban J connectivity index is 1.59. The number of benzene rings is 2. The van der Waals surface area contributed by atoms with E-state index in [1.807, 2.05) is 72.2 Å². The first-order valence-corrected chi connectivity index (χ1v) is 8.70. The SMILES string of the molecule is Cc1nnc(SCC(=O)N/N=C/c2ccccc2)n1-c1ccccc1. The number of carbonyl (C=O) groups is 1. The number of hydrogen-bond donors (Lipinski definition) is 1. The smallest absolute Gasteiger partial charge is 0.250 e. The Hall–Kier alpha value is -2.93. The summed E-state index contributed by atoms with van der Waals surface area (Å²) >= 11 is 1.32. The van der Waals surface area contributed by atoms with Gasteiger partial charge < -0.3 is 0 Å². The summed E-state index contributed by atoms with van der Waals surface area (Å²) in [6.07, 6.45) is 1.61. The van der Waals surface area contributed by atoms with Crippen LogP contribution in [0.15, 0.2) is 70.9 Å². The Morgan fingerprint density at radius 1 is 1.12 bits per heavy atom. The van der Waals surface area contributed by atoms with Gasteiger partial charge in [-0.15, -0.1) is 10.2 Å². The summed E-state index contributed by atoms with van der Waals surface area (Å²) in [5.74, 6) is 0.783. The molecule has 0 bridgehead atoms. The number of aromatic nitrogens is 3. The molecule has 1 amide bonds. The monoisotopic (exact) mass is 351 g/mol. The third kappa shape index (κ3) is 4.54. The molecule has 0 saturated carbocycles. The lowest BCUT2D eigenvalue weighted by Crippen LogP contribution is -2.20. The van der Waals surface area contributed by atoms with E-state index >= 15 is 0 Å². The number of nitrogens with zero attached hydrogens (tertiary/aromatic N) is 4. The van der Waals surface area contributed by atoms with Gasteiger partial charge in [-0.3, -0.25) is 9.36 Å². The van der Waals surface area contributed by atoms with E-state index in [1.165, 1.54) is 11.8 Å². The van der Waals surface area contributed by atoms with Gasteiger partial charge in [0.25, 0.3) is 5.91 Å². The maximum atomic E-state index is 12.0. The molecule has 0 spiro atoms. The molecule has 0 radical (unpaired) electrons. The van der Waals surface area contributed by atoms with Crippen molar-refractivity contribution in [3.05, 3.63) is 72.1 Å². The van der Waals surface area contributed by atoms with Crippen molar-refractivity contribution in [2.75, 3.05) is 5.75 Å². The fraction of sp³-hybridized carbons (Fsp3) is 0.111. The van der Waals surface area contributed by atoms with Gasteiger partial charge in [0.15, 0.2) is 5.16 Å². The van der Waals surface area contributed by atoms with Crippen molar-refractivity contribution in [1.29, 1.82) is 0 Å². The van der Waals surface area contributed by atoms with Crippen molar-refractivity contribution in [2.24, 2.45) is 5.10 Å². The minimum Gasteiger partial charge on any atom is -0.274 e. The van der Waals surface area contributed by atoms with Gasteiger partial charge >= 0.3 is 0 Å². The van der Waals surface area contributed by atoms with Gasteiger partial charge in [-0.05, 0) is 24.6 Å². The first-order valence-electron chi connectivity index (χ1n) is 7.71. The topological polar surface area (TPSA) is 72.2 Å². The van der Waals surface area contributed by atoms with Crippen molar-refractivity contribution >= 4 is 23.9 Å². The molecule has 1 N–H and O–H groups in total. The maximum Gasteiger partial charge on any atom is 0.250 e. The predicted molar refractivity (Wildman–Crippen MR) is 99.0 cm³/mol. The summed E-state index contributed by atoms with van der Waals surface area (Å²) < 4.78 is 1.92. The number of para-hydroxylation sites is 1. The normalized spacial score (nSPS) is 10.9. The van der Waals surface area contributed by atoms with Crippen molar-refractivity contribution in [3.8, 4) is 5.69 Å². The third-order valence-corrected chi connectivity index (χ3v) is 4.27. The van der Waals surface area contributed by atoms with Crippen LogP contribution in [0.2, 0.25) is 0 Å². The van der Waals surface area contributed by atoms with E-state index in [0.29, 0.717) is 5.16 Å². The second-order valence-electron chi connectivity index (χ2n) is 5.19. The van der Waals surface area contributed by atoms with Crippen LogP contribution in [0.3, 0.4) is 0 Å². The predicted octanol–water partition coefficient (Wildman–Crippen LogP) is 2.82. The molecular formula is C18H17N5OS. The zero-order valence-electron chi connectivity index (χ0n) is 13.7.